The number of aliphatic hydroxyl groups is 1. The Balaban J connectivity index is 1.52. The highest BCUT2D eigenvalue weighted by Crippen LogP contribution is 2.55. The van der Waals surface area contributed by atoms with E-state index in [2.05, 4.69) is 62.0 Å². The predicted molar refractivity (Wildman–Crippen MR) is 114 cm³/mol. The van der Waals surface area contributed by atoms with Gasteiger partial charge in [-0.05, 0) is 84.1 Å². The van der Waals surface area contributed by atoms with Gasteiger partial charge in [0, 0.05) is 6.61 Å². The van der Waals surface area contributed by atoms with Crippen molar-refractivity contribution in [1.82, 2.24) is 0 Å². The van der Waals surface area contributed by atoms with Crippen LogP contribution in [0.15, 0.2) is 61.2 Å². The molecule has 2 aliphatic rings. The third kappa shape index (κ3) is 3.63. The van der Waals surface area contributed by atoms with Crippen LogP contribution in [-0.2, 0) is 13.0 Å². The van der Waals surface area contributed by atoms with Crippen LogP contribution in [0.5, 0.6) is 5.75 Å². The summed E-state index contributed by atoms with van der Waals surface area (Å²) < 4.78 is 6.06. The first-order valence-corrected chi connectivity index (χ1v) is 10.7. The second-order valence-electron chi connectivity index (χ2n) is 8.93. The molecule has 2 nitrogen and oxygen atoms in total. The molecule has 4 rings (SSSR count). The van der Waals surface area contributed by atoms with Gasteiger partial charge in [0.05, 0.1) is 0 Å². The monoisotopic (exact) mass is 376 g/mol. The summed E-state index contributed by atoms with van der Waals surface area (Å²) in [5, 5.41) is 10.1. The quantitative estimate of drug-likeness (QED) is 0.636. The summed E-state index contributed by atoms with van der Waals surface area (Å²) in [4.78, 5) is 0. The minimum absolute atomic E-state index is 0.0333. The highest BCUT2D eigenvalue weighted by molar-refractivity contribution is 5.40. The molecule has 28 heavy (non-hydrogen) atoms. The number of fused-ring (bicyclic) bond motifs is 3. The lowest BCUT2D eigenvalue weighted by Gasteiger charge is -2.51. The fourth-order valence-corrected chi connectivity index (χ4v) is 5.62. The van der Waals surface area contributed by atoms with Crippen LogP contribution in [0.2, 0.25) is 0 Å². The van der Waals surface area contributed by atoms with E-state index in [1.165, 1.54) is 29.5 Å². The van der Waals surface area contributed by atoms with Gasteiger partial charge < -0.3 is 9.84 Å². The number of ether oxygens (including phenoxy) is 1. The average molecular weight is 377 g/mol. The molecule has 0 spiro atoms. The van der Waals surface area contributed by atoms with Crippen molar-refractivity contribution in [2.24, 2.45) is 17.3 Å². The van der Waals surface area contributed by atoms with E-state index in [1.807, 2.05) is 6.07 Å². The van der Waals surface area contributed by atoms with Gasteiger partial charge in [-0.2, -0.15) is 0 Å². The maximum Gasteiger partial charge on any atom is 0.120 e. The van der Waals surface area contributed by atoms with Crippen LogP contribution in [0, 0.1) is 17.3 Å². The molecule has 0 saturated heterocycles. The molecule has 4 atom stereocenters. The Morgan fingerprint density at radius 1 is 1.18 bits per heavy atom. The van der Waals surface area contributed by atoms with Gasteiger partial charge in [-0.25, -0.2) is 0 Å². The molecule has 0 heterocycles. The van der Waals surface area contributed by atoms with E-state index in [4.69, 9.17) is 4.74 Å². The Bertz CT molecular complexity index is 812. The molecule has 0 bridgehead atoms. The van der Waals surface area contributed by atoms with Crippen molar-refractivity contribution in [1.29, 1.82) is 0 Å². The summed E-state index contributed by atoms with van der Waals surface area (Å²) in [6, 6.07) is 17.0. The van der Waals surface area contributed by atoms with Gasteiger partial charge in [-0.15, -0.1) is 6.58 Å². The molecule has 0 unspecified atom stereocenters. The normalized spacial score (nSPS) is 28.9. The molecular weight excluding hydrogens is 344 g/mol. The van der Waals surface area contributed by atoms with Crippen molar-refractivity contribution in [2.75, 3.05) is 6.61 Å². The van der Waals surface area contributed by atoms with Gasteiger partial charge in [0.25, 0.3) is 0 Å². The van der Waals surface area contributed by atoms with Gasteiger partial charge in [0.15, 0.2) is 0 Å². The SMILES string of the molecule is C=CC[C@H]1[C@@H]2CCc3cc(OCc4ccccc4)ccc3[C@H]2CC[C@]1(C)CO. The minimum Gasteiger partial charge on any atom is -0.489 e. The van der Waals surface area contributed by atoms with Crippen LogP contribution in [0.1, 0.15) is 55.2 Å². The molecule has 148 valence electrons. The first-order chi connectivity index (χ1) is 13.6. The zero-order chi connectivity index (χ0) is 19.6. The summed E-state index contributed by atoms with van der Waals surface area (Å²) >= 11 is 0. The Morgan fingerprint density at radius 2 is 2.00 bits per heavy atom. The summed E-state index contributed by atoms with van der Waals surface area (Å²) in [5.74, 6) is 2.75. The summed E-state index contributed by atoms with van der Waals surface area (Å²) in [7, 11) is 0. The van der Waals surface area contributed by atoms with Crippen molar-refractivity contribution >= 4 is 0 Å². The standard InChI is InChI=1S/C26H32O2/c1-3-7-25-24-12-10-20-16-21(28-17-19-8-5-4-6-9-19)11-13-22(20)23(24)14-15-26(25,2)18-27/h3-6,8-9,11,13,16,23-25,27H,1,7,10,12,14-15,17-18H2,2H3/t23-,24-,25+,26-/m1/s1. The highest BCUT2D eigenvalue weighted by atomic mass is 16.5. The van der Waals surface area contributed by atoms with E-state index in [9.17, 15) is 5.11 Å². The summed E-state index contributed by atoms with van der Waals surface area (Å²) in [5.41, 5.74) is 4.20. The van der Waals surface area contributed by atoms with Crippen LogP contribution < -0.4 is 4.74 Å². The number of allylic oxidation sites excluding steroid dienone is 1. The maximum atomic E-state index is 10.1. The van der Waals surface area contributed by atoms with Crippen LogP contribution in [0.25, 0.3) is 0 Å². The number of benzene rings is 2. The van der Waals surface area contributed by atoms with Crippen molar-refractivity contribution in [3.8, 4) is 5.75 Å². The highest BCUT2D eigenvalue weighted by Gasteiger charge is 2.47. The Kier molecular flexibility index (Phi) is 5.59. The lowest BCUT2D eigenvalue weighted by molar-refractivity contribution is -0.0114. The molecule has 2 aliphatic carbocycles. The van der Waals surface area contributed by atoms with Crippen LogP contribution in [0.3, 0.4) is 0 Å². The smallest absolute Gasteiger partial charge is 0.120 e. The average Bonchev–Trinajstić information content (AvgIpc) is 2.74. The number of aliphatic hydroxyl groups excluding tert-OH is 1. The first kappa shape index (κ1) is 19.3. The number of aryl methyl sites for hydroxylation is 1. The molecule has 0 aromatic heterocycles. The van der Waals surface area contributed by atoms with Crippen LogP contribution in [0.4, 0.5) is 0 Å². The van der Waals surface area contributed by atoms with E-state index >= 15 is 0 Å². The first-order valence-electron chi connectivity index (χ1n) is 10.7. The molecule has 0 aliphatic heterocycles. The third-order valence-corrected chi connectivity index (χ3v) is 7.25. The predicted octanol–water partition coefficient (Wildman–Crippen LogP) is 5.90. The summed E-state index contributed by atoms with van der Waals surface area (Å²) in [6.45, 7) is 7.17. The molecule has 2 aromatic rings. The van der Waals surface area contributed by atoms with Gasteiger partial charge in [-0.1, -0.05) is 49.4 Å². The second-order valence-corrected chi connectivity index (χ2v) is 8.93. The number of hydrogen-bond donors (Lipinski definition) is 1. The summed E-state index contributed by atoms with van der Waals surface area (Å²) in [6.07, 6.45) is 7.63. The fraction of sp³-hybridized carbons (Fsp3) is 0.462. The molecular formula is C26H32O2. The number of hydrogen-bond acceptors (Lipinski definition) is 2. The molecule has 0 radical (unpaired) electrons. The zero-order valence-corrected chi connectivity index (χ0v) is 16.9. The van der Waals surface area contributed by atoms with E-state index in [-0.39, 0.29) is 12.0 Å². The van der Waals surface area contributed by atoms with Gasteiger partial charge in [0.1, 0.15) is 12.4 Å². The lowest BCUT2D eigenvalue weighted by Crippen LogP contribution is -2.44. The topological polar surface area (TPSA) is 29.5 Å². The molecule has 1 fully saturated rings. The van der Waals surface area contributed by atoms with Crippen molar-refractivity contribution in [2.45, 2.75) is 51.6 Å². The van der Waals surface area contributed by atoms with Gasteiger partial charge in [0.2, 0.25) is 0 Å². The largest absolute Gasteiger partial charge is 0.489 e. The van der Waals surface area contributed by atoms with E-state index in [0.29, 0.717) is 24.4 Å². The Hall–Kier alpha value is -2.06. The molecule has 0 amide bonds. The molecule has 1 saturated carbocycles. The van der Waals surface area contributed by atoms with Gasteiger partial charge in [-0.3, -0.25) is 0 Å². The Morgan fingerprint density at radius 3 is 2.75 bits per heavy atom. The van der Waals surface area contributed by atoms with E-state index < -0.39 is 0 Å². The van der Waals surface area contributed by atoms with Crippen molar-refractivity contribution in [3.05, 3.63) is 77.9 Å². The maximum absolute atomic E-state index is 10.1. The van der Waals surface area contributed by atoms with E-state index in [0.717, 1.165) is 25.0 Å². The molecule has 2 heteroatoms. The minimum atomic E-state index is 0.0333. The van der Waals surface area contributed by atoms with Crippen LogP contribution in [-0.4, -0.2) is 11.7 Å². The Labute approximate surface area is 169 Å². The third-order valence-electron chi connectivity index (χ3n) is 7.25. The van der Waals surface area contributed by atoms with Crippen LogP contribution >= 0.6 is 0 Å². The van der Waals surface area contributed by atoms with Crippen molar-refractivity contribution < 1.29 is 9.84 Å². The number of rotatable bonds is 6. The lowest BCUT2D eigenvalue weighted by atomic mass is 9.54. The van der Waals surface area contributed by atoms with E-state index in [1.54, 1.807) is 0 Å². The zero-order valence-electron chi connectivity index (χ0n) is 16.9. The van der Waals surface area contributed by atoms with Crippen molar-refractivity contribution in [3.63, 3.8) is 0 Å². The van der Waals surface area contributed by atoms with Gasteiger partial charge >= 0.3 is 0 Å². The fourth-order valence-electron chi connectivity index (χ4n) is 5.62. The second kappa shape index (κ2) is 8.13. The molecule has 1 N–H and O–H groups in total. The molecule has 2 aromatic carbocycles.